The van der Waals surface area contributed by atoms with Gasteiger partial charge in [-0.25, -0.2) is 4.79 Å². The number of nitrogens with one attached hydrogen (secondary N) is 1. The van der Waals surface area contributed by atoms with Gasteiger partial charge in [0, 0.05) is 16.3 Å². The molecule has 1 N–H and O–H groups in total. The van der Waals surface area contributed by atoms with Crippen molar-refractivity contribution in [3.63, 3.8) is 0 Å². The van der Waals surface area contributed by atoms with Gasteiger partial charge in [0.1, 0.15) is 0 Å². The van der Waals surface area contributed by atoms with Crippen LogP contribution in [0.25, 0.3) is 11.6 Å². The van der Waals surface area contributed by atoms with Crippen molar-refractivity contribution >= 4 is 46.2 Å². The quantitative estimate of drug-likeness (QED) is 0.657. The summed E-state index contributed by atoms with van der Waals surface area (Å²) < 4.78 is 5.08. The molecule has 0 spiro atoms. The Morgan fingerprint density at radius 3 is 2.62 bits per heavy atom. The van der Waals surface area contributed by atoms with Gasteiger partial charge in [-0.05, 0) is 35.9 Å². The van der Waals surface area contributed by atoms with Crippen LogP contribution in [0.5, 0.6) is 0 Å². The fraction of sp³-hybridized carbons (Fsp3) is 0.200. The fourth-order valence-electron chi connectivity index (χ4n) is 1.64. The molecule has 2 aromatic heterocycles. The van der Waals surface area contributed by atoms with Crippen LogP contribution in [0.15, 0.2) is 35.0 Å². The highest BCUT2D eigenvalue weighted by atomic mass is 32.1. The van der Waals surface area contributed by atoms with Gasteiger partial charge in [-0.2, -0.15) is 0 Å². The minimum absolute atomic E-state index is 0.264. The maximum absolute atomic E-state index is 12.2. The van der Waals surface area contributed by atoms with E-state index in [4.69, 9.17) is 4.74 Å². The molecule has 6 heteroatoms. The Bertz CT molecular complexity index is 615. The van der Waals surface area contributed by atoms with E-state index in [1.165, 1.54) is 22.7 Å². The standard InChI is InChI=1S/C15H15NO3S2/c1-2-16-14(17)10-19-15(18)12(13-6-4-8-21-13)9-11-5-3-7-20-11/h3-9H,2,10H2,1H3,(H,16,17). The third kappa shape index (κ3) is 4.54. The average Bonchev–Trinajstić information content (AvgIpc) is 3.15. The van der Waals surface area contributed by atoms with E-state index in [1.54, 1.807) is 6.08 Å². The smallest absolute Gasteiger partial charge is 0.340 e. The molecule has 0 saturated carbocycles. The minimum Gasteiger partial charge on any atom is -0.452 e. The van der Waals surface area contributed by atoms with E-state index >= 15 is 0 Å². The maximum Gasteiger partial charge on any atom is 0.340 e. The fourth-order valence-corrected chi connectivity index (χ4v) is 3.02. The molecule has 0 fully saturated rings. The lowest BCUT2D eigenvalue weighted by Gasteiger charge is -2.07. The first-order valence-corrected chi connectivity index (χ1v) is 8.19. The first-order chi connectivity index (χ1) is 10.2. The summed E-state index contributed by atoms with van der Waals surface area (Å²) in [6.45, 7) is 2.06. The Morgan fingerprint density at radius 2 is 2.00 bits per heavy atom. The van der Waals surface area contributed by atoms with Crippen LogP contribution in [0.3, 0.4) is 0 Å². The number of hydrogen-bond acceptors (Lipinski definition) is 5. The maximum atomic E-state index is 12.2. The van der Waals surface area contributed by atoms with E-state index in [-0.39, 0.29) is 12.5 Å². The molecule has 110 valence electrons. The predicted molar refractivity (Wildman–Crippen MR) is 86.2 cm³/mol. The molecule has 0 aromatic carbocycles. The molecule has 2 aromatic rings. The Balaban J connectivity index is 2.13. The number of amides is 1. The molecule has 0 aliphatic rings. The summed E-state index contributed by atoms with van der Waals surface area (Å²) in [5.41, 5.74) is 0.469. The summed E-state index contributed by atoms with van der Waals surface area (Å²) in [6.07, 6.45) is 1.79. The lowest BCUT2D eigenvalue weighted by molar-refractivity contribution is -0.142. The molecule has 0 unspecified atom stereocenters. The lowest BCUT2D eigenvalue weighted by Crippen LogP contribution is -2.28. The first-order valence-electron chi connectivity index (χ1n) is 6.43. The number of carbonyl (C=O) groups excluding carboxylic acids is 2. The highest BCUT2D eigenvalue weighted by Crippen LogP contribution is 2.25. The van der Waals surface area contributed by atoms with Crippen LogP contribution in [0, 0.1) is 0 Å². The molecule has 0 saturated heterocycles. The number of hydrogen-bond donors (Lipinski definition) is 1. The third-order valence-electron chi connectivity index (χ3n) is 2.54. The van der Waals surface area contributed by atoms with Crippen LogP contribution in [0.4, 0.5) is 0 Å². The number of esters is 1. The molecule has 1 amide bonds. The largest absolute Gasteiger partial charge is 0.452 e. The van der Waals surface area contributed by atoms with Gasteiger partial charge in [0.05, 0.1) is 5.57 Å². The Morgan fingerprint density at radius 1 is 1.24 bits per heavy atom. The van der Waals surface area contributed by atoms with E-state index in [0.717, 1.165) is 9.75 Å². The van der Waals surface area contributed by atoms with E-state index < -0.39 is 5.97 Å². The number of rotatable bonds is 6. The predicted octanol–water partition coefficient (Wildman–Crippen LogP) is 3.03. The Kier molecular flexibility index (Phi) is 5.71. The van der Waals surface area contributed by atoms with E-state index in [2.05, 4.69) is 5.32 Å². The van der Waals surface area contributed by atoms with Gasteiger partial charge in [-0.15, -0.1) is 22.7 Å². The van der Waals surface area contributed by atoms with Gasteiger partial charge in [0.15, 0.2) is 6.61 Å². The molecule has 21 heavy (non-hydrogen) atoms. The molecule has 0 bridgehead atoms. The number of thiophene rings is 2. The molecule has 2 heterocycles. The SMILES string of the molecule is CCNC(=O)COC(=O)C(=Cc1cccs1)c1cccs1. The minimum atomic E-state index is -0.489. The summed E-state index contributed by atoms with van der Waals surface area (Å²) in [7, 11) is 0. The normalized spacial score (nSPS) is 11.2. The van der Waals surface area contributed by atoms with Crippen molar-refractivity contribution in [3.8, 4) is 0 Å². The van der Waals surface area contributed by atoms with E-state index in [0.29, 0.717) is 12.1 Å². The second-order valence-corrected chi connectivity index (χ2v) is 6.01. The topological polar surface area (TPSA) is 55.4 Å². The van der Waals surface area contributed by atoms with Crippen LogP contribution in [0.1, 0.15) is 16.7 Å². The lowest BCUT2D eigenvalue weighted by atomic mass is 10.2. The van der Waals surface area contributed by atoms with Gasteiger partial charge in [-0.1, -0.05) is 12.1 Å². The highest BCUT2D eigenvalue weighted by Gasteiger charge is 2.16. The van der Waals surface area contributed by atoms with Crippen molar-refractivity contribution in [2.75, 3.05) is 13.2 Å². The summed E-state index contributed by atoms with van der Waals surface area (Å²) >= 11 is 3.00. The summed E-state index contributed by atoms with van der Waals surface area (Å²) in [4.78, 5) is 25.4. The van der Waals surface area contributed by atoms with Crippen molar-refractivity contribution < 1.29 is 14.3 Å². The van der Waals surface area contributed by atoms with Crippen molar-refractivity contribution in [1.29, 1.82) is 0 Å². The summed E-state index contributed by atoms with van der Waals surface area (Å²) in [5, 5.41) is 6.43. The number of likely N-dealkylation sites (N-methyl/N-ethyl adjacent to an activating group) is 1. The molecule has 0 radical (unpaired) electrons. The third-order valence-corrected chi connectivity index (χ3v) is 4.27. The zero-order valence-corrected chi connectivity index (χ0v) is 13.1. The zero-order valence-electron chi connectivity index (χ0n) is 11.5. The molecule has 4 nitrogen and oxygen atoms in total. The van der Waals surface area contributed by atoms with Crippen molar-refractivity contribution in [3.05, 3.63) is 44.8 Å². The van der Waals surface area contributed by atoms with E-state index in [9.17, 15) is 9.59 Å². The van der Waals surface area contributed by atoms with Gasteiger partial charge < -0.3 is 10.1 Å². The van der Waals surface area contributed by atoms with Crippen LogP contribution >= 0.6 is 22.7 Å². The van der Waals surface area contributed by atoms with Crippen LogP contribution in [0.2, 0.25) is 0 Å². The number of carbonyl (C=O) groups is 2. The molecule has 2 rings (SSSR count). The Labute approximate surface area is 131 Å². The van der Waals surface area contributed by atoms with Crippen molar-refractivity contribution in [1.82, 2.24) is 5.32 Å². The van der Waals surface area contributed by atoms with Gasteiger partial charge in [0.25, 0.3) is 5.91 Å². The summed E-state index contributed by atoms with van der Waals surface area (Å²) in [5.74, 6) is -0.787. The average molecular weight is 321 g/mol. The highest BCUT2D eigenvalue weighted by molar-refractivity contribution is 7.12. The molecule has 0 aliphatic heterocycles. The molecule has 0 atom stereocenters. The van der Waals surface area contributed by atoms with Crippen LogP contribution < -0.4 is 5.32 Å². The Hall–Kier alpha value is -1.92. The second kappa shape index (κ2) is 7.75. The second-order valence-electron chi connectivity index (χ2n) is 4.08. The first kappa shape index (κ1) is 15.5. The van der Waals surface area contributed by atoms with Crippen molar-refractivity contribution in [2.24, 2.45) is 0 Å². The van der Waals surface area contributed by atoms with Crippen LogP contribution in [-0.2, 0) is 14.3 Å². The monoisotopic (exact) mass is 321 g/mol. The number of ether oxygens (including phenoxy) is 1. The van der Waals surface area contributed by atoms with Gasteiger partial charge in [-0.3, -0.25) is 4.79 Å². The molecular weight excluding hydrogens is 306 g/mol. The molecular formula is C15H15NO3S2. The van der Waals surface area contributed by atoms with Gasteiger partial charge in [0.2, 0.25) is 0 Å². The molecule has 0 aliphatic carbocycles. The van der Waals surface area contributed by atoms with Crippen molar-refractivity contribution in [2.45, 2.75) is 6.92 Å². The zero-order chi connectivity index (χ0) is 15.1. The van der Waals surface area contributed by atoms with Gasteiger partial charge >= 0.3 is 5.97 Å². The summed E-state index contributed by atoms with van der Waals surface area (Å²) in [6, 6.07) is 7.58. The van der Waals surface area contributed by atoms with Crippen LogP contribution in [-0.4, -0.2) is 25.0 Å². The van der Waals surface area contributed by atoms with E-state index in [1.807, 2.05) is 41.9 Å².